The minimum absolute atomic E-state index is 0.241. The van der Waals surface area contributed by atoms with Gasteiger partial charge in [-0.25, -0.2) is 4.68 Å². The van der Waals surface area contributed by atoms with Crippen LogP contribution in [0.4, 0.5) is 24.5 Å². The number of rotatable bonds is 3. The number of aliphatic hydroxyl groups is 1. The third-order valence-electron chi connectivity index (χ3n) is 3.84. The molecule has 0 radical (unpaired) electrons. The molecule has 0 unspecified atom stereocenters. The summed E-state index contributed by atoms with van der Waals surface area (Å²) >= 11 is 0. The average molecular weight is 343 g/mol. The summed E-state index contributed by atoms with van der Waals surface area (Å²) in [5.74, 6) is 0. The van der Waals surface area contributed by atoms with Crippen molar-refractivity contribution in [1.29, 1.82) is 0 Å². The topological polar surface area (TPSA) is 97.3 Å². The Morgan fingerprint density at radius 1 is 1.33 bits per heavy atom. The standard InChI is InChI=1S/C13H12F3N5O3/c14-13(15,16)9-2-1-8(5-11(9)21(23)24)19-3-4-20-12(6-19)10(7-22)17-18-20/h1-2,5,22H,3-4,6-7H2. The maximum Gasteiger partial charge on any atom is 0.423 e. The number of aliphatic hydroxyl groups excluding tert-OH is 1. The molecule has 1 N–H and O–H groups in total. The Morgan fingerprint density at radius 2 is 2.08 bits per heavy atom. The highest BCUT2D eigenvalue weighted by Gasteiger charge is 2.38. The van der Waals surface area contributed by atoms with Crippen LogP contribution in [0.2, 0.25) is 0 Å². The molecule has 2 heterocycles. The van der Waals surface area contributed by atoms with Crippen molar-refractivity contribution in [2.45, 2.75) is 25.9 Å². The van der Waals surface area contributed by atoms with Crippen LogP contribution in [-0.2, 0) is 25.9 Å². The number of hydrogen-bond donors (Lipinski definition) is 1. The number of alkyl halides is 3. The van der Waals surface area contributed by atoms with Crippen LogP contribution in [0.3, 0.4) is 0 Å². The molecule has 3 rings (SSSR count). The predicted molar refractivity (Wildman–Crippen MR) is 75.1 cm³/mol. The predicted octanol–water partition coefficient (Wildman–Crippen LogP) is 1.72. The molecule has 0 saturated carbocycles. The van der Waals surface area contributed by atoms with E-state index in [1.54, 1.807) is 9.58 Å². The van der Waals surface area contributed by atoms with Crippen molar-refractivity contribution in [3.63, 3.8) is 0 Å². The Morgan fingerprint density at radius 3 is 2.71 bits per heavy atom. The second-order valence-electron chi connectivity index (χ2n) is 5.24. The molecule has 0 bridgehead atoms. The Bertz CT molecular complexity index is 776. The zero-order valence-electron chi connectivity index (χ0n) is 12.2. The molecular weight excluding hydrogens is 331 g/mol. The highest BCUT2D eigenvalue weighted by atomic mass is 19.4. The van der Waals surface area contributed by atoms with Crippen molar-refractivity contribution >= 4 is 11.4 Å². The van der Waals surface area contributed by atoms with Crippen molar-refractivity contribution in [1.82, 2.24) is 15.0 Å². The van der Waals surface area contributed by atoms with E-state index < -0.39 is 22.4 Å². The van der Waals surface area contributed by atoms with Gasteiger partial charge in [-0.2, -0.15) is 13.2 Å². The SMILES string of the molecule is O=[N+]([O-])c1cc(N2CCn3nnc(CO)c3C2)ccc1C(F)(F)F. The van der Waals surface area contributed by atoms with E-state index in [0.29, 0.717) is 36.2 Å². The molecule has 128 valence electrons. The van der Waals surface area contributed by atoms with Crippen molar-refractivity contribution in [2.75, 3.05) is 11.4 Å². The van der Waals surface area contributed by atoms with E-state index in [2.05, 4.69) is 10.3 Å². The van der Waals surface area contributed by atoms with Crippen LogP contribution in [0.1, 0.15) is 17.0 Å². The summed E-state index contributed by atoms with van der Waals surface area (Å²) in [4.78, 5) is 11.6. The molecule has 11 heteroatoms. The number of nitrogens with zero attached hydrogens (tertiary/aromatic N) is 5. The molecule has 0 fully saturated rings. The van der Waals surface area contributed by atoms with Gasteiger partial charge >= 0.3 is 6.18 Å². The summed E-state index contributed by atoms with van der Waals surface area (Å²) in [7, 11) is 0. The molecule has 1 aromatic heterocycles. The van der Waals surface area contributed by atoms with Gasteiger partial charge in [0.2, 0.25) is 0 Å². The molecule has 1 aromatic carbocycles. The summed E-state index contributed by atoms with van der Waals surface area (Å²) < 4.78 is 40.2. The fraction of sp³-hybridized carbons (Fsp3) is 0.385. The number of benzene rings is 1. The van der Waals surface area contributed by atoms with Gasteiger partial charge in [-0.15, -0.1) is 5.10 Å². The van der Waals surface area contributed by atoms with Gasteiger partial charge in [0.1, 0.15) is 11.3 Å². The molecule has 0 aliphatic carbocycles. The van der Waals surface area contributed by atoms with Crippen LogP contribution in [0.25, 0.3) is 0 Å². The summed E-state index contributed by atoms with van der Waals surface area (Å²) in [5, 5.41) is 27.9. The van der Waals surface area contributed by atoms with Gasteiger partial charge in [0.05, 0.1) is 30.3 Å². The lowest BCUT2D eigenvalue weighted by Crippen LogP contribution is -2.34. The second kappa shape index (κ2) is 5.74. The van der Waals surface area contributed by atoms with Crippen LogP contribution in [0, 0.1) is 10.1 Å². The highest BCUT2D eigenvalue weighted by Crippen LogP contribution is 2.38. The van der Waals surface area contributed by atoms with Crippen molar-refractivity contribution in [2.24, 2.45) is 0 Å². The first kappa shape index (κ1) is 16.2. The summed E-state index contributed by atoms with van der Waals surface area (Å²) in [5.41, 5.74) is -0.964. The average Bonchev–Trinajstić information content (AvgIpc) is 2.95. The number of fused-ring (bicyclic) bond motifs is 1. The highest BCUT2D eigenvalue weighted by molar-refractivity contribution is 5.58. The molecule has 0 amide bonds. The second-order valence-corrected chi connectivity index (χ2v) is 5.24. The Hall–Kier alpha value is -2.69. The lowest BCUT2D eigenvalue weighted by Gasteiger charge is -2.29. The van der Waals surface area contributed by atoms with Gasteiger partial charge in [0, 0.05) is 18.3 Å². The fourth-order valence-corrected chi connectivity index (χ4v) is 2.65. The zero-order chi connectivity index (χ0) is 17.5. The molecule has 0 saturated heterocycles. The smallest absolute Gasteiger partial charge is 0.390 e. The maximum absolute atomic E-state index is 12.9. The summed E-state index contributed by atoms with van der Waals surface area (Å²) in [6.07, 6.45) is -4.80. The molecule has 0 spiro atoms. The Kier molecular flexibility index (Phi) is 3.87. The van der Waals surface area contributed by atoms with Crippen molar-refractivity contribution in [3.05, 3.63) is 45.3 Å². The van der Waals surface area contributed by atoms with E-state index in [1.165, 1.54) is 6.07 Å². The molecule has 8 nitrogen and oxygen atoms in total. The summed E-state index contributed by atoms with van der Waals surface area (Å²) in [6.45, 7) is 0.753. The van der Waals surface area contributed by atoms with E-state index in [-0.39, 0.29) is 13.2 Å². The number of nitro benzene ring substituents is 1. The van der Waals surface area contributed by atoms with Crippen molar-refractivity contribution in [3.8, 4) is 0 Å². The number of nitro groups is 1. The van der Waals surface area contributed by atoms with E-state index in [4.69, 9.17) is 0 Å². The third-order valence-corrected chi connectivity index (χ3v) is 3.84. The monoisotopic (exact) mass is 343 g/mol. The van der Waals surface area contributed by atoms with Crippen LogP contribution in [-0.4, -0.2) is 31.6 Å². The zero-order valence-corrected chi connectivity index (χ0v) is 12.2. The largest absolute Gasteiger partial charge is 0.423 e. The van der Waals surface area contributed by atoms with Crippen LogP contribution in [0.15, 0.2) is 18.2 Å². The Labute approximate surface area is 133 Å². The minimum atomic E-state index is -4.80. The van der Waals surface area contributed by atoms with E-state index in [1.807, 2.05) is 0 Å². The van der Waals surface area contributed by atoms with E-state index in [0.717, 1.165) is 6.07 Å². The first-order valence-electron chi connectivity index (χ1n) is 6.94. The van der Waals surface area contributed by atoms with Gasteiger partial charge in [0.25, 0.3) is 5.69 Å². The molecule has 1 aliphatic rings. The lowest BCUT2D eigenvalue weighted by atomic mass is 10.1. The molecular formula is C13H12F3N5O3. The van der Waals surface area contributed by atoms with Crippen LogP contribution in [0.5, 0.6) is 0 Å². The van der Waals surface area contributed by atoms with Gasteiger partial charge in [0.15, 0.2) is 0 Å². The van der Waals surface area contributed by atoms with E-state index in [9.17, 15) is 28.4 Å². The summed E-state index contributed by atoms with van der Waals surface area (Å²) in [6, 6.07) is 2.83. The quantitative estimate of drug-likeness (QED) is 0.673. The van der Waals surface area contributed by atoms with Gasteiger partial charge in [-0.1, -0.05) is 5.21 Å². The first-order valence-corrected chi connectivity index (χ1v) is 6.94. The Balaban J connectivity index is 1.96. The number of anilines is 1. The molecule has 1 aliphatic heterocycles. The number of aromatic nitrogens is 3. The van der Waals surface area contributed by atoms with Gasteiger partial charge in [-0.3, -0.25) is 10.1 Å². The lowest BCUT2D eigenvalue weighted by molar-refractivity contribution is -0.388. The molecule has 24 heavy (non-hydrogen) atoms. The third kappa shape index (κ3) is 2.77. The van der Waals surface area contributed by atoms with E-state index >= 15 is 0 Å². The van der Waals surface area contributed by atoms with Crippen LogP contribution >= 0.6 is 0 Å². The minimum Gasteiger partial charge on any atom is -0.390 e. The first-order chi connectivity index (χ1) is 11.3. The van der Waals surface area contributed by atoms with Crippen LogP contribution < -0.4 is 4.90 Å². The fourth-order valence-electron chi connectivity index (χ4n) is 2.65. The van der Waals surface area contributed by atoms with Gasteiger partial charge in [-0.05, 0) is 12.1 Å². The molecule has 0 atom stereocenters. The maximum atomic E-state index is 12.9. The number of hydrogen-bond acceptors (Lipinski definition) is 6. The normalized spacial score (nSPS) is 14.6. The molecule has 2 aromatic rings. The van der Waals surface area contributed by atoms with Crippen molar-refractivity contribution < 1.29 is 23.2 Å². The van der Waals surface area contributed by atoms with Gasteiger partial charge < -0.3 is 10.0 Å². The number of halogens is 3.